The van der Waals surface area contributed by atoms with E-state index in [9.17, 15) is 4.79 Å². The van der Waals surface area contributed by atoms with E-state index in [0.717, 1.165) is 16.6 Å². The summed E-state index contributed by atoms with van der Waals surface area (Å²) in [5, 5.41) is 10.4. The van der Waals surface area contributed by atoms with Crippen LogP contribution < -0.4 is 5.73 Å². The van der Waals surface area contributed by atoms with Crippen LogP contribution >= 0.6 is 11.6 Å². The number of rotatable bonds is 3. The summed E-state index contributed by atoms with van der Waals surface area (Å²) in [5.74, 6) is -1.72. The Labute approximate surface area is 103 Å². The second kappa shape index (κ2) is 4.39. The highest BCUT2D eigenvalue weighted by Gasteiger charge is 2.22. The van der Waals surface area contributed by atoms with Crippen molar-refractivity contribution in [2.45, 2.75) is 12.8 Å². The number of benzene rings is 1. The van der Waals surface area contributed by atoms with E-state index in [1.807, 2.05) is 19.1 Å². The molecule has 0 aliphatic rings. The van der Waals surface area contributed by atoms with Crippen molar-refractivity contribution in [1.82, 2.24) is 4.98 Å². The number of nitrogens with one attached hydrogen (secondary N) is 1. The summed E-state index contributed by atoms with van der Waals surface area (Å²) in [6.45, 7) is 1.96. The van der Waals surface area contributed by atoms with E-state index in [0.29, 0.717) is 10.6 Å². The summed E-state index contributed by atoms with van der Waals surface area (Å²) in [6.07, 6.45) is 0. The van der Waals surface area contributed by atoms with E-state index in [4.69, 9.17) is 22.4 Å². The largest absolute Gasteiger partial charge is 0.481 e. The van der Waals surface area contributed by atoms with E-state index < -0.39 is 11.9 Å². The van der Waals surface area contributed by atoms with Gasteiger partial charge in [-0.15, -0.1) is 0 Å². The van der Waals surface area contributed by atoms with E-state index in [2.05, 4.69) is 4.98 Å². The zero-order chi connectivity index (χ0) is 12.6. The lowest BCUT2D eigenvalue weighted by molar-refractivity contribution is -0.138. The molecule has 0 spiro atoms. The molecule has 1 atom stereocenters. The van der Waals surface area contributed by atoms with Gasteiger partial charge in [-0.05, 0) is 24.6 Å². The molecule has 0 saturated heterocycles. The molecule has 17 heavy (non-hydrogen) atoms. The van der Waals surface area contributed by atoms with Crippen LogP contribution in [0.25, 0.3) is 10.9 Å². The number of hydrogen-bond acceptors (Lipinski definition) is 2. The second-order valence-corrected chi connectivity index (χ2v) is 4.39. The topological polar surface area (TPSA) is 79.1 Å². The van der Waals surface area contributed by atoms with Crippen LogP contribution in [0.5, 0.6) is 0 Å². The number of nitrogens with two attached hydrogens (primary N) is 1. The first-order valence-electron chi connectivity index (χ1n) is 5.25. The van der Waals surface area contributed by atoms with Crippen LogP contribution in [0.15, 0.2) is 18.2 Å². The van der Waals surface area contributed by atoms with Gasteiger partial charge in [0.15, 0.2) is 0 Å². The van der Waals surface area contributed by atoms with Gasteiger partial charge in [0.2, 0.25) is 0 Å². The number of hydrogen-bond donors (Lipinski definition) is 3. The number of carboxylic acids is 1. The van der Waals surface area contributed by atoms with Crippen molar-refractivity contribution >= 4 is 28.5 Å². The molecule has 4 nitrogen and oxygen atoms in total. The number of carbonyl (C=O) groups is 1. The fraction of sp³-hybridized carbons (Fsp3) is 0.250. The van der Waals surface area contributed by atoms with E-state index >= 15 is 0 Å². The van der Waals surface area contributed by atoms with Gasteiger partial charge >= 0.3 is 5.97 Å². The molecule has 0 aliphatic carbocycles. The summed E-state index contributed by atoms with van der Waals surface area (Å²) in [6, 6.07) is 5.44. The maximum atomic E-state index is 11.1. The smallest absolute Gasteiger partial charge is 0.312 e. The number of aliphatic carboxylic acids is 1. The van der Waals surface area contributed by atoms with Crippen LogP contribution in [-0.2, 0) is 4.79 Å². The molecular formula is C12H13ClN2O2. The minimum absolute atomic E-state index is 0.0317. The van der Waals surface area contributed by atoms with Gasteiger partial charge in [0, 0.05) is 23.1 Å². The van der Waals surface area contributed by atoms with Crippen molar-refractivity contribution in [2.24, 2.45) is 5.73 Å². The van der Waals surface area contributed by atoms with Gasteiger partial charge in [0.1, 0.15) is 0 Å². The van der Waals surface area contributed by atoms with E-state index in [-0.39, 0.29) is 6.54 Å². The third-order valence-corrected chi connectivity index (χ3v) is 3.23. The van der Waals surface area contributed by atoms with Gasteiger partial charge in [-0.25, -0.2) is 0 Å². The Morgan fingerprint density at radius 2 is 2.29 bits per heavy atom. The summed E-state index contributed by atoms with van der Waals surface area (Å²) < 4.78 is 0. The highest BCUT2D eigenvalue weighted by atomic mass is 35.5. The molecule has 5 heteroatoms. The summed E-state index contributed by atoms with van der Waals surface area (Å²) in [4.78, 5) is 14.2. The maximum absolute atomic E-state index is 11.1. The molecular weight excluding hydrogens is 240 g/mol. The molecule has 1 heterocycles. The van der Waals surface area contributed by atoms with Gasteiger partial charge in [0.25, 0.3) is 0 Å². The fourth-order valence-electron chi connectivity index (χ4n) is 1.95. The van der Waals surface area contributed by atoms with Crippen LogP contribution in [0, 0.1) is 6.92 Å². The fourth-order valence-corrected chi connectivity index (χ4v) is 2.31. The lowest BCUT2D eigenvalue weighted by atomic mass is 9.98. The third-order valence-electron chi connectivity index (χ3n) is 2.81. The molecule has 0 saturated carbocycles. The van der Waals surface area contributed by atoms with Crippen molar-refractivity contribution in [3.63, 3.8) is 0 Å². The van der Waals surface area contributed by atoms with Crippen molar-refractivity contribution in [1.29, 1.82) is 0 Å². The first-order valence-corrected chi connectivity index (χ1v) is 5.63. The highest BCUT2D eigenvalue weighted by Crippen LogP contribution is 2.32. The lowest BCUT2D eigenvalue weighted by Gasteiger charge is -2.12. The molecule has 0 aliphatic heterocycles. The highest BCUT2D eigenvalue weighted by molar-refractivity contribution is 6.36. The van der Waals surface area contributed by atoms with Crippen LogP contribution in [-0.4, -0.2) is 22.6 Å². The standard InChI is InChI=1S/C12H13ClN2O2/c1-6-4-8-10(15-6)3-2-7(11(8)13)9(5-14)12(16)17/h2-4,9,15H,5,14H2,1H3,(H,16,17). The number of carboxylic acid groups (broad SMARTS) is 1. The molecule has 2 rings (SSSR count). The quantitative estimate of drug-likeness (QED) is 0.784. The van der Waals surface area contributed by atoms with Gasteiger partial charge < -0.3 is 15.8 Å². The predicted octanol–water partition coefficient (Wildman–Crippen LogP) is 2.26. The Balaban J connectivity index is 2.62. The van der Waals surface area contributed by atoms with Crippen molar-refractivity contribution in [3.8, 4) is 0 Å². The zero-order valence-corrected chi connectivity index (χ0v) is 10.1. The normalized spacial score (nSPS) is 12.9. The lowest BCUT2D eigenvalue weighted by Crippen LogP contribution is -2.21. The SMILES string of the molecule is Cc1cc2c(Cl)c(C(CN)C(=O)O)ccc2[nH]1. The average molecular weight is 253 g/mol. The molecule has 1 aromatic carbocycles. The maximum Gasteiger partial charge on any atom is 0.312 e. The van der Waals surface area contributed by atoms with Gasteiger partial charge in [-0.3, -0.25) is 4.79 Å². The molecule has 0 amide bonds. The molecule has 0 bridgehead atoms. The molecule has 90 valence electrons. The first-order chi connectivity index (χ1) is 8.04. The van der Waals surface area contributed by atoms with Gasteiger partial charge in [-0.1, -0.05) is 17.7 Å². The van der Waals surface area contributed by atoms with Crippen LogP contribution in [0.1, 0.15) is 17.2 Å². The van der Waals surface area contributed by atoms with E-state index in [1.165, 1.54) is 0 Å². The molecule has 0 radical (unpaired) electrons. The minimum atomic E-state index is -0.957. The third kappa shape index (κ3) is 2.01. The summed E-state index contributed by atoms with van der Waals surface area (Å²) in [5.41, 5.74) is 7.92. The number of aromatic amines is 1. The Morgan fingerprint density at radius 1 is 1.59 bits per heavy atom. The number of H-pyrrole nitrogens is 1. The second-order valence-electron chi connectivity index (χ2n) is 4.01. The molecule has 2 aromatic rings. The molecule has 0 fully saturated rings. The Morgan fingerprint density at radius 3 is 2.88 bits per heavy atom. The monoisotopic (exact) mass is 252 g/mol. The van der Waals surface area contributed by atoms with Gasteiger partial charge in [0.05, 0.1) is 10.9 Å². The number of halogens is 1. The Hall–Kier alpha value is -1.52. The van der Waals surface area contributed by atoms with Crippen LogP contribution in [0.4, 0.5) is 0 Å². The number of aromatic nitrogens is 1. The molecule has 4 N–H and O–H groups in total. The first kappa shape index (κ1) is 12.0. The van der Waals surface area contributed by atoms with Crippen molar-refractivity contribution in [2.75, 3.05) is 6.54 Å². The molecule has 1 unspecified atom stereocenters. The summed E-state index contributed by atoms with van der Waals surface area (Å²) >= 11 is 6.23. The molecule has 1 aromatic heterocycles. The number of fused-ring (bicyclic) bond motifs is 1. The van der Waals surface area contributed by atoms with Crippen LogP contribution in [0.3, 0.4) is 0 Å². The van der Waals surface area contributed by atoms with Crippen molar-refractivity contribution in [3.05, 3.63) is 34.5 Å². The number of aryl methyl sites for hydroxylation is 1. The Kier molecular flexibility index (Phi) is 3.09. The predicted molar refractivity (Wildman–Crippen MR) is 67.5 cm³/mol. The minimum Gasteiger partial charge on any atom is -0.481 e. The zero-order valence-electron chi connectivity index (χ0n) is 9.33. The van der Waals surface area contributed by atoms with Crippen molar-refractivity contribution < 1.29 is 9.90 Å². The Bertz CT molecular complexity index is 577. The van der Waals surface area contributed by atoms with Gasteiger partial charge in [-0.2, -0.15) is 0 Å². The summed E-state index contributed by atoms with van der Waals surface area (Å²) in [7, 11) is 0. The van der Waals surface area contributed by atoms with Crippen LogP contribution in [0.2, 0.25) is 5.02 Å². The average Bonchev–Trinajstić information content (AvgIpc) is 2.64. The van der Waals surface area contributed by atoms with E-state index in [1.54, 1.807) is 6.07 Å².